The number of phenolic OH excluding ortho intramolecular Hbond substituents is 1. The van der Waals surface area contributed by atoms with Gasteiger partial charge in [0, 0.05) is 11.8 Å². The van der Waals surface area contributed by atoms with E-state index in [1.807, 2.05) is 40.7 Å². The molecule has 2 aromatic carbocycles. The van der Waals surface area contributed by atoms with E-state index in [0.29, 0.717) is 5.56 Å². The van der Waals surface area contributed by atoms with Crippen LogP contribution in [0.5, 0.6) is 5.75 Å². The van der Waals surface area contributed by atoms with E-state index in [4.69, 9.17) is 18.6 Å². The first-order valence-corrected chi connectivity index (χ1v) is 13.0. The van der Waals surface area contributed by atoms with Gasteiger partial charge in [0.15, 0.2) is 23.3 Å². The van der Waals surface area contributed by atoms with Crippen LogP contribution in [-0.4, -0.2) is 11.3 Å². The van der Waals surface area contributed by atoms with E-state index in [2.05, 4.69) is 4.99 Å². The molecule has 10 heteroatoms. The van der Waals surface area contributed by atoms with Crippen molar-refractivity contribution < 1.29 is 44.1 Å². The monoisotopic (exact) mass is 503 g/mol. The number of halogens is 7. The van der Waals surface area contributed by atoms with Crippen LogP contribution >= 0.6 is 18.6 Å². The number of hydrogen-bond acceptors (Lipinski definition) is 2. The standard InChI is InChI=1S/C20H20F5NO.2ClH.Ti/c1-9(2)12-7-11(20(3,4)5)6-10(19(12)27)8-26-18-16(24)14(22)13(21)15(23)17(18)25;;;/h6-9,27H,1-5H3;2*1H;/q;;;+2/p-2. The Balaban J connectivity index is 0.00000141. The quantitative estimate of drug-likeness (QED) is 0.151. The normalized spacial score (nSPS) is 11.6. The van der Waals surface area contributed by atoms with Crippen molar-refractivity contribution in [3.8, 4) is 5.75 Å². The van der Waals surface area contributed by atoms with Crippen LogP contribution in [0.2, 0.25) is 0 Å². The fraction of sp³-hybridized carbons (Fsp3) is 0.350. The molecule has 2 aromatic rings. The number of nitrogens with zero attached hydrogens (tertiary/aromatic N) is 1. The third-order valence-electron chi connectivity index (χ3n) is 4.18. The number of benzene rings is 2. The van der Waals surface area contributed by atoms with Crippen molar-refractivity contribution in [1.82, 2.24) is 0 Å². The molecule has 0 bridgehead atoms. The maximum atomic E-state index is 13.8. The second-order valence-electron chi connectivity index (χ2n) is 7.66. The Labute approximate surface area is 188 Å². The van der Waals surface area contributed by atoms with Crippen molar-refractivity contribution in [3.05, 3.63) is 57.9 Å². The van der Waals surface area contributed by atoms with Gasteiger partial charge >= 0.3 is 35.6 Å². The number of phenols is 1. The SMILES string of the molecule is CC(C)c1cc(C(C)(C)C)cc(C=Nc2c(F)c(F)c(F)c(F)c2F)c1O.[Cl][Ti][Cl]. The van der Waals surface area contributed by atoms with Gasteiger partial charge < -0.3 is 5.11 Å². The van der Waals surface area contributed by atoms with Crippen LogP contribution in [-0.2, 0) is 22.4 Å². The summed E-state index contributed by atoms with van der Waals surface area (Å²) in [4.78, 5) is 3.44. The van der Waals surface area contributed by atoms with Gasteiger partial charge in [0.25, 0.3) is 0 Å². The molecule has 0 aliphatic heterocycles. The first-order chi connectivity index (χ1) is 13.8. The number of aromatic hydroxyl groups is 1. The van der Waals surface area contributed by atoms with Crippen molar-refractivity contribution in [2.45, 2.75) is 46.0 Å². The summed E-state index contributed by atoms with van der Waals surface area (Å²) < 4.78 is 67.3. The third kappa shape index (κ3) is 6.19. The molecule has 0 unspecified atom stereocenters. The zero-order valence-corrected chi connectivity index (χ0v) is 19.9. The topological polar surface area (TPSA) is 32.6 Å². The number of hydrogen-bond donors (Lipinski definition) is 1. The van der Waals surface area contributed by atoms with Crippen LogP contribution in [0.15, 0.2) is 17.1 Å². The van der Waals surface area contributed by atoms with E-state index in [0.717, 1.165) is 11.8 Å². The summed E-state index contributed by atoms with van der Waals surface area (Å²) in [5, 5.41) is 10.4. The Bertz CT molecular complexity index is 917. The molecule has 164 valence electrons. The molecule has 2 rings (SSSR count). The number of rotatable bonds is 3. The van der Waals surface area contributed by atoms with Crippen molar-refractivity contribution in [3.63, 3.8) is 0 Å². The summed E-state index contributed by atoms with van der Waals surface area (Å²) in [6.07, 6.45) is 0.898. The Morgan fingerprint density at radius 2 is 1.37 bits per heavy atom. The van der Waals surface area contributed by atoms with Crippen LogP contribution in [0.25, 0.3) is 0 Å². The summed E-state index contributed by atoms with van der Waals surface area (Å²) in [5.41, 5.74) is -0.0814. The van der Waals surface area contributed by atoms with Gasteiger partial charge in [-0.3, -0.25) is 0 Å². The Morgan fingerprint density at radius 3 is 1.77 bits per heavy atom. The molecule has 30 heavy (non-hydrogen) atoms. The minimum absolute atomic E-state index is 0.0615. The summed E-state index contributed by atoms with van der Waals surface area (Å²) in [6.45, 7) is 9.52. The molecule has 0 aliphatic carbocycles. The van der Waals surface area contributed by atoms with E-state index in [1.54, 1.807) is 6.07 Å². The fourth-order valence-electron chi connectivity index (χ4n) is 2.49. The molecule has 0 saturated carbocycles. The van der Waals surface area contributed by atoms with Crippen LogP contribution in [0.3, 0.4) is 0 Å². The van der Waals surface area contributed by atoms with E-state index < -0.39 is 51.8 Å². The molecule has 0 heterocycles. The van der Waals surface area contributed by atoms with Gasteiger partial charge in [0.2, 0.25) is 5.82 Å². The van der Waals surface area contributed by atoms with Gasteiger partial charge in [-0.15, -0.1) is 0 Å². The van der Waals surface area contributed by atoms with E-state index in [-0.39, 0.29) is 22.6 Å². The second-order valence-corrected chi connectivity index (χ2v) is 10.2. The van der Waals surface area contributed by atoms with E-state index >= 15 is 0 Å². The summed E-state index contributed by atoms with van der Waals surface area (Å²) in [5.74, 6) is -10.7. The molecule has 0 atom stereocenters. The zero-order chi connectivity index (χ0) is 23.4. The van der Waals surface area contributed by atoms with Crippen molar-refractivity contribution in [2.75, 3.05) is 0 Å². The van der Waals surface area contributed by atoms with Gasteiger partial charge in [-0.1, -0.05) is 40.7 Å². The molecule has 2 nitrogen and oxygen atoms in total. The van der Waals surface area contributed by atoms with Gasteiger partial charge in [0.05, 0.1) is 0 Å². The van der Waals surface area contributed by atoms with Gasteiger partial charge in [-0.25, -0.2) is 26.9 Å². The molecule has 0 fully saturated rings. The maximum absolute atomic E-state index is 13.8. The minimum atomic E-state index is -2.25. The van der Waals surface area contributed by atoms with Gasteiger partial charge in [0.1, 0.15) is 11.4 Å². The fourth-order valence-corrected chi connectivity index (χ4v) is 2.49. The molecule has 0 aliphatic rings. The molecular formula is C20H20Cl2F5NOTi. The Hall–Kier alpha value is -1.15. The summed E-state index contributed by atoms with van der Waals surface area (Å²) in [6, 6.07) is 3.38. The Morgan fingerprint density at radius 1 is 0.933 bits per heavy atom. The van der Waals surface area contributed by atoms with Crippen molar-refractivity contribution >= 4 is 30.5 Å². The van der Waals surface area contributed by atoms with Crippen LogP contribution in [0.4, 0.5) is 27.6 Å². The van der Waals surface area contributed by atoms with Crippen molar-refractivity contribution in [2.24, 2.45) is 4.99 Å². The molecule has 0 radical (unpaired) electrons. The van der Waals surface area contributed by atoms with Gasteiger partial charge in [-0.2, -0.15) is 0 Å². The first-order valence-electron chi connectivity index (χ1n) is 8.67. The predicted octanol–water partition coefficient (Wildman–Crippen LogP) is 7.64. The third-order valence-corrected chi connectivity index (χ3v) is 4.18. The van der Waals surface area contributed by atoms with Crippen LogP contribution in [0.1, 0.15) is 57.2 Å². The van der Waals surface area contributed by atoms with Crippen molar-refractivity contribution in [1.29, 1.82) is 0 Å². The van der Waals surface area contributed by atoms with E-state index in [1.165, 1.54) is 0 Å². The summed E-state index contributed by atoms with van der Waals surface area (Å²) >= 11 is -0.556. The Kier molecular flexibility index (Phi) is 9.80. The second kappa shape index (κ2) is 10.9. The average Bonchev–Trinajstić information content (AvgIpc) is 2.65. The zero-order valence-electron chi connectivity index (χ0n) is 16.8. The molecule has 0 aromatic heterocycles. The molecule has 0 saturated heterocycles. The molecule has 1 N–H and O–H groups in total. The number of aliphatic imine (C=N–C) groups is 1. The first kappa shape index (κ1) is 26.9. The molecular weight excluding hydrogens is 484 g/mol. The predicted molar refractivity (Wildman–Crippen MR) is 106 cm³/mol. The van der Waals surface area contributed by atoms with Crippen LogP contribution in [0, 0.1) is 29.1 Å². The average molecular weight is 504 g/mol. The molecule has 0 amide bonds. The van der Waals surface area contributed by atoms with E-state index in [9.17, 15) is 27.1 Å². The van der Waals surface area contributed by atoms with Gasteiger partial charge in [-0.05, 0) is 28.5 Å². The summed E-state index contributed by atoms with van der Waals surface area (Å²) in [7, 11) is 9.78. The van der Waals surface area contributed by atoms with Crippen LogP contribution < -0.4 is 0 Å². The molecule has 0 spiro atoms.